The summed E-state index contributed by atoms with van der Waals surface area (Å²) >= 11 is 0. The second-order valence-corrected chi connectivity index (χ2v) is 6.55. The molecule has 6 heteroatoms. The van der Waals surface area contributed by atoms with E-state index in [4.69, 9.17) is 10.00 Å². The zero-order valence-electron chi connectivity index (χ0n) is 13.0. The molecule has 1 aromatic rings. The number of para-hydroxylation sites is 1. The van der Waals surface area contributed by atoms with Gasteiger partial charge in [0.05, 0.1) is 19.1 Å². The number of rotatable bonds is 2. The minimum absolute atomic E-state index is 0.0823. The number of ether oxygens (including phenoxy) is 1. The molecular formula is C17H20N4O2. The van der Waals surface area contributed by atoms with Crippen molar-refractivity contribution in [2.24, 2.45) is 5.92 Å². The van der Waals surface area contributed by atoms with Crippen LogP contribution in [0.4, 0.5) is 4.79 Å². The van der Waals surface area contributed by atoms with Gasteiger partial charge in [-0.2, -0.15) is 5.26 Å². The molecule has 0 aliphatic carbocycles. The Hall–Kier alpha value is -2.42. The molecule has 0 aromatic heterocycles. The number of benzene rings is 1. The minimum Gasteiger partial charge on any atom is -0.487 e. The second-order valence-electron chi connectivity index (χ2n) is 6.55. The molecule has 0 N–H and O–H groups in total. The van der Waals surface area contributed by atoms with E-state index < -0.39 is 0 Å². The first kappa shape index (κ1) is 14.2. The lowest BCUT2D eigenvalue weighted by Gasteiger charge is -2.41. The molecule has 23 heavy (non-hydrogen) atoms. The number of likely N-dealkylation sites (tertiary alicyclic amines) is 3. The van der Waals surface area contributed by atoms with Crippen molar-refractivity contribution in [1.29, 1.82) is 5.26 Å². The molecule has 3 aliphatic heterocycles. The van der Waals surface area contributed by atoms with Crippen molar-refractivity contribution in [3.8, 4) is 11.9 Å². The van der Waals surface area contributed by atoms with Crippen LogP contribution < -0.4 is 4.74 Å². The van der Waals surface area contributed by atoms with Crippen LogP contribution in [-0.4, -0.2) is 65.6 Å². The van der Waals surface area contributed by atoms with Gasteiger partial charge in [0, 0.05) is 25.6 Å². The van der Waals surface area contributed by atoms with E-state index in [-0.39, 0.29) is 18.2 Å². The van der Waals surface area contributed by atoms with Crippen LogP contribution in [0.1, 0.15) is 6.42 Å². The third-order valence-electron chi connectivity index (χ3n) is 5.10. The average molecular weight is 312 g/mol. The highest BCUT2D eigenvalue weighted by molar-refractivity contribution is 5.76. The van der Waals surface area contributed by atoms with Gasteiger partial charge in [-0.3, -0.25) is 0 Å². The maximum atomic E-state index is 12.7. The van der Waals surface area contributed by atoms with Gasteiger partial charge in [-0.05, 0) is 18.6 Å². The molecule has 3 heterocycles. The topological polar surface area (TPSA) is 59.8 Å². The Kier molecular flexibility index (Phi) is 3.49. The summed E-state index contributed by atoms with van der Waals surface area (Å²) in [6.45, 7) is 3.58. The van der Waals surface area contributed by atoms with Gasteiger partial charge in [-0.25, -0.2) is 4.79 Å². The Morgan fingerprint density at radius 3 is 2.70 bits per heavy atom. The van der Waals surface area contributed by atoms with Gasteiger partial charge in [-0.1, -0.05) is 18.2 Å². The van der Waals surface area contributed by atoms with Gasteiger partial charge in [0.1, 0.15) is 11.9 Å². The van der Waals surface area contributed by atoms with E-state index in [9.17, 15) is 4.79 Å². The molecule has 3 saturated heterocycles. The standard InChI is InChI=1S/C17H20N4O2/c18-12-19-8-13-6-7-21(16(13)11-19)17(22)20-9-15(10-20)23-14-4-2-1-3-5-14/h1-5,13,15-16H,6-11H2. The van der Waals surface area contributed by atoms with Gasteiger partial charge in [0.2, 0.25) is 0 Å². The van der Waals surface area contributed by atoms with Crippen LogP contribution in [-0.2, 0) is 0 Å². The van der Waals surface area contributed by atoms with Crippen molar-refractivity contribution in [2.75, 3.05) is 32.7 Å². The van der Waals surface area contributed by atoms with E-state index in [1.54, 1.807) is 4.90 Å². The van der Waals surface area contributed by atoms with Crippen molar-refractivity contribution in [3.05, 3.63) is 30.3 Å². The summed E-state index contributed by atoms with van der Waals surface area (Å²) in [5.74, 6) is 1.31. The number of hydrogen-bond acceptors (Lipinski definition) is 4. The van der Waals surface area contributed by atoms with Crippen LogP contribution in [0.2, 0.25) is 0 Å². The van der Waals surface area contributed by atoms with Crippen molar-refractivity contribution in [2.45, 2.75) is 18.6 Å². The number of urea groups is 1. The molecule has 0 spiro atoms. The summed E-state index contributed by atoms with van der Waals surface area (Å²) in [6.07, 6.45) is 3.29. The van der Waals surface area contributed by atoms with Gasteiger partial charge < -0.3 is 19.4 Å². The summed E-state index contributed by atoms with van der Waals surface area (Å²) in [6, 6.07) is 10.0. The largest absolute Gasteiger partial charge is 0.487 e. The highest BCUT2D eigenvalue weighted by atomic mass is 16.5. The van der Waals surface area contributed by atoms with Crippen molar-refractivity contribution in [1.82, 2.24) is 14.7 Å². The maximum Gasteiger partial charge on any atom is 0.320 e. The summed E-state index contributed by atoms with van der Waals surface area (Å²) in [5.41, 5.74) is 0. The molecule has 6 nitrogen and oxygen atoms in total. The summed E-state index contributed by atoms with van der Waals surface area (Å²) in [5, 5.41) is 9.03. The number of fused-ring (bicyclic) bond motifs is 1. The first-order valence-corrected chi connectivity index (χ1v) is 8.16. The molecule has 1 aromatic carbocycles. The highest BCUT2D eigenvalue weighted by Gasteiger charge is 2.46. The third kappa shape index (κ3) is 2.56. The lowest BCUT2D eigenvalue weighted by Crippen LogP contribution is -2.60. The first-order valence-electron chi connectivity index (χ1n) is 8.16. The molecule has 3 fully saturated rings. The molecule has 2 atom stereocenters. The average Bonchev–Trinajstić information content (AvgIpc) is 3.10. The van der Waals surface area contributed by atoms with Crippen LogP contribution in [0, 0.1) is 17.4 Å². The van der Waals surface area contributed by atoms with Gasteiger partial charge in [0.15, 0.2) is 6.19 Å². The summed E-state index contributed by atoms with van der Waals surface area (Å²) < 4.78 is 5.85. The quantitative estimate of drug-likeness (QED) is 0.774. The third-order valence-corrected chi connectivity index (χ3v) is 5.10. The number of amides is 2. The Labute approximate surface area is 135 Å². The van der Waals surface area contributed by atoms with Crippen LogP contribution >= 0.6 is 0 Å². The fourth-order valence-corrected chi connectivity index (χ4v) is 3.82. The van der Waals surface area contributed by atoms with Crippen LogP contribution in [0.5, 0.6) is 5.75 Å². The predicted octanol–water partition coefficient (Wildman–Crippen LogP) is 1.36. The number of carbonyl (C=O) groups excluding carboxylic acids is 1. The fraction of sp³-hybridized carbons (Fsp3) is 0.529. The van der Waals surface area contributed by atoms with Crippen molar-refractivity contribution < 1.29 is 9.53 Å². The zero-order chi connectivity index (χ0) is 15.8. The number of carbonyl (C=O) groups is 1. The van der Waals surface area contributed by atoms with E-state index >= 15 is 0 Å². The van der Waals surface area contributed by atoms with Crippen LogP contribution in [0.3, 0.4) is 0 Å². The Morgan fingerprint density at radius 1 is 1.17 bits per heavy atom. The maximum absolute atomic E-state index is 12.7. The van der Waals surface area contributed by atoms with Gasteiger partial charge in [-0.15, -0.1) is 0 Å². The molecule has 120 valence electrons. The Morgan fingerprint density at radius 2 is 1.96 bits per heavy atom. The SMILES string of the molecule is N#CN1CC2CCN(C(=O)N3CC(Oc4ccccc4)C3)C2C1. The van der Waals surface area contributed by atoms with Crippen molar-refractivity contribution in [3.63, 3.8) is 0 Å². The number of nitriles is 1. The van der Waals surface area contributed by atoms with E-state index in [1.807, 2.05) is 40.1 Å². The number of hydrogen-bond donors (Lipinski definition) is 0. The molecule has 2 unspecified atom stereocenters. The number of nitrogens with zero attached hydrogens (tertiary/aromatic N) is 4. The molecule has 0 bridgehead atoms. The summed E-state index contributed by atoms with van der Waals surface area (Å²) in [7, 11) is 0. The first-order chi connectivity index (χ1) is 11.2. The molecular weight excluding hydrogens is 292 g/mol. The second kappa shape index (κ2) is 5.65. The Balaban J connectivity index is 1.31. The van der Waals surface area contributed by atoms with Crippen LogP contribution in [0.25, 0.3) is 0 Å². The van der Waals surface area contributed by atoms with Gasteiger partial charge in [0.25, 0.3) is 0 Å². The zero-order valence-corrected chi connectivity index (χ0v) is 13.0. The van der Waals surface area contributed by atoms with Crippen LogP contribution in [0.15, 0.2) is 30.3 Å². The smallest absolute Gasteiger partial charge is 0.320 e. The highest BCUT2D eigenvalue weighted by Crippen LogP contribution is 2.32. The molecule has 2 amide bonds. The Bertz CT molecular complexity index is 623. The summed E-state index contributed by atoms with van der Waals surface area (Å²) in [4.78, 5) is 18.2. The van der Waals surface area contributed by atoms with Crippen molar-refractivity contribution >= 4 is 6.03 Å². The van der Waals surface area contributed by atoms with E-state index in [0.717, 1.165) is 25.3 Å². The monoisotopic (exact) mass is 312 g/mol. The molecule has 4 rings (SSSR count). The fourth-order valence-electron chi connectivity index (χ4n) is 3.82. The predicted molar refractivity (Wildman–Crippen MR) is 83.6 cm³/mol. The van der Waals surface area contributed by atoms with E-state index in [2.05, 4.69) is 6.19 Å². The normalized spacial score (nSPS) is 26.7. The lowest BCUT2D eigenvalue weighted by atomic mass is 10.1. The van der Waals surface area contributed by atoms with E-state index in [1.165, 1.54) is 0 Å². The molecule has 3 aliphatic rings. The molecule has 0 radical (unpaired) electrons. The van der Waals surface area contributed by atoms with Gasteiger partial charge >= 0.3 is 6.03 Å². The van der Waals surface area contributed by atoms with E-state index in [0.29, 0.717) is 25.6 Å². The minimum atomic E-state index is 0.0823. The molecule has 0 saturated carbocycles. The lowest BCUT2D eigenvalue weighted by molar-refractivity contribution is 0.0292.